The van der Waals surface area contributed by atoms with Crippen LogP contribution in [0.25, 0.3) is 5.13 Å². The van der Waals surface area contributed by atoms with E-state index in [1.54, 1.807) is 25.6 Å². The maximum atomic E-state index is 5.33. The fourth-order valence-electron chi connectivity index (χ4n) is 2.78. The summed E-state index contributed by atoms with van der Waals surface area (Å²) in [4.78, 5) is 2.20. The molecule has 3 rings (SSSR count). The number of ether oxygens (including phenoxy) is 2. The third-order valence-electron chi connectivity index (χ3n) is 4.30. The predicted octanol–water partition coefficient (Wildman–Crippen LogP) is 3.80. The molecule has 27 heavy (non-hydrogen) atoms. The Morgan fingerprint density at radius 1 is 1.07 bits per heavy atom. The lowest BCUT2D eigenvalue weighted by Crippen LogP contribution is -2.21. The molecule has 1 N–H and O–H groups in total. The lowest BCUT2D eigenvalue weighted by Gasteiger charge is -2.15. The highest BCUT2D eigenvalue weighted by Crippen LogP contribution is 2.27. The number of anilines is 2. The summed E-state index contributed by atoms with van der Waals surface area (Å²) in [6.07, 6.45) is 2.01. The van der Waals surface area contributed by atoms with Crippen molar-refractivity contribution in [3.8, 4) is 16.6 Å². The normalized spacial score (nSPS) is 10.7. The highest BCUT2D eigenvalue weighted by molar-refractivity contribution is 7.17. The van der Waals surface area contributed by atoms with E-state index in [1.807, 2.05) is 30.5 Å². The summed E-state index contributed by atoms with van der Waals surface area (Å²) in [5.41, 5.74) is 2.03. The van der Waals surface area contributed by atoms with Crippen molar-refractivity contribution in [1.29, 1.82) is 0 Å². The first kappa shape index (κ1) is 19.0. The Labute approximate surface area is 163 Å². The predicted molar refractivity (Wildman–Crippen MR) is 110 cm³/mol. The van der Waals surface area contributed by atoms with Gasteiger partial charge in [-0.25, -0.2) is 0 Å². The summed E-state index contributed by atoms with van der Waals surface area (Å²) in [5, 5.41) is 13.9. The van der Waals surface area contributed by atoms with Crippen molar-refractivity contribution in [1.82, 2.24) is 14.8 Å². The van der Waals surface area contributed by atoms with Gasteiger partial charge in [0.2, 0.25) is 10.3 Å². The number of aromatic nitrogens is 3. The average Bonchev–Trinajstić information content (AvgIpc) is 3.36. The van der Waals surface area contributed by atoms with Gasteiger partial charge in [0.1, 0.15) is 11.5 Å². The maximum Gasteiger partial charge on any atom is 0.218 e. The fraction of sp³-hybridized carbons (Fsp3) is 0.368. The summed E-state index contributed by atoms with van der Waals surface area (Å²) in [5.74, 6) is 1.50. The van der Waals surface area contributed by atoms with Gasteiger partial charge >= 0.3 is 0 Å². The second-order valence-corrected chi connectivity index (χ2v) is 6.80. The van der Waals surface area contributed by atoms with E-state index in [0.717, 1.165) is 46.2 Å². The summed E-state index contributed by atoms with van der Waals surface area (Å²) in [6, 6.07) is 9.83. The first-order valence-electron chi connectivity index (χ1n) is 8.90. The zero-order valence-corrected chi connectivity index (χ0v) is 16.9. The van der Waals surface area contributed by atoms with E-state index in [0.29, 0.717) is 6.54 Å². The molecule has 0 aliphatic heterocycles. The van der Waals surface area contributed by atoms with Gasteiger partial charge in [-0.15, -0.1) is 10.2 Å². The molecule has 0 bridgehead atoms. The van der Waals surface area contributed by atoms with E-state index in [-0.39, 0.29) is 0 Å². The van der Waals surface area contributed by atoms with E-state index in [2.05, 4.69) is 44.9 Å². The van der Waals surface area contributed by atoms with Gasteiger partial charge in [0.15, 0.2) is 0 Å². The van der Waals surface area contributed by atoms with E-state index < -0.39 is 0 Å². The molecule has 0 aliphatic rings. The Morgan fingerprint density at radius 3 is 2.41 bits per heavy atom. The van der Waals surface area contributed by atoms with Gasteiger partial charge in [-0.3, -0.25) is 4.57 Å². The van der Waals surface area contributed by atoms with Crippen molar-refractivity contribution in [3.63, 3.8) is 0 Å². The Morgan fingerprint density at radius 2 is 1.78 bits per heavy atom. The SMILES string of the molecule is CCN(CC)c1nnc(-n2cccc2CNc2cc(OC)cc(OC)c2)s1. The molecule has 0 radical (unpaired) electrons. The molecule has 0 atom stereocenters. The zero-order valence-electron chi connectivity index (χ0n) is 16.1. The van der Waals surface area contributed by atoms with Crippen LogP contribution in [0, 0.1) is 0 Å². The smallest absolute Gasteiger partial charge is 0.218 e. The van der Waals surface area contributed by atoms with Crippen LogP contribution in [0.3, 0.4) is 0 Å². The molecule has 0 spiro atoms. The van der Waals surface area contributed by atoms with Gasteiger partial charge < -0.3 is 19.7 Å². The van der Waals surface area contributed by atoms with Crippen LogP contribution < -0.4 is 19.7 Å². The topological polar surface area (TPSA) is 64.4 Å². The molecule has 3 aromatic rings. The van der Waals surface area contributed by atoms with Crippen LogP contribution in [-0.2, 0) is 6.54 Å². The monoisotopic (exact) mass is 387 g/mol. The Hall–Kier alpha value is -2.74. The number of methoxy groups -OCH3 is 2. The van der Waals surface area contributed by atoms with E-state index in [1.165, 1.54) is 0 Å². The molecule has 0 fully saturated rings. The third-order valence-corrected chi connectivity index (χ3v) is 5.29. The van der Waals surface area contributed by atoms with Gasteiger partial charge in [-0.1, -0.05) is 11.3 Å². The number of rotatable bonds is 9. The van der Waals surface area contributed by atoms with Crippen molar-refractivity contribution in [2.24, 2.45) is 0 Å². The number of benzene rings is 1. The summed E-state index contributed by atoms with van der Waals surface area (Å²) < 4.78 is 12.7. The van der Waals surface area contributed by atoms with Crippen molar-refractivity contribution < 1.29 is 9.47 Å². The van der Waals surface area contributed by atoms with Crippen molar-refractivity contribution in [2.45, 2.75) is 20.4 Å². The van der Waals surface area contributed by atoms with Gasteiger partial charge in [0.25, 0.3) is 0 Å². The molecular formula is C19H25N5O2S. The van der Waals surface area contributed by atoms with E-state index >= 15 is 0 Å². The highest BCUT2D eigenvalue weighted by Gasteiger charge is 2.13. The van der Waals surface area contributed by atoms with E-state index in [4.69, 9.17) is 9.47 Å². The quantitative estimate of drug-likeness (QED) is 0.602. The largest absolute Gasteiger partial charge is 0.497 e. The summed E-state index contributed by atoms with van der Waals surface area (Å²) in [7, 11) is 3.29. The molecular weight excluding hydrogens is 362 g/mol. The molecule has 1 aromatic carbocycles. The molecule has 0 unspecified atom stereocenters. The van der Waals surface area contributed by atoms with Crippen molar-refractivity contribution >= 4 is 22.2 Å². The van der Waals surface area contributed by atoms with Crippen LogP contribution in [0.4, 0.5) is 10.8 Å². The van der Waals surface area contributed by atoms with Crippen LogP contribution in [0.1, 0.15) is 19.5 Å². The van der Waals surface area contributed by atoms with Gasteiger partial charge in [0.05, 0.1) is 20.8 Å². The lowest BCUT2D eigenvalue weighted by molar-refractivity contribution is 0.394. The fourth-order valence-corrected chi connectivity index (χ4v) is 3.77. The zero-order chi connectivity index (χ0) is 19.2. The number of hydrogen-bond donors (Lipinski definition) is 1. The second kappa shape index (κ2) is 8.77. The molecule has 144 valence electrons. The molecule has 8 heteroatoms. The van der Waals surface area contributed by atoms with Crippen molar-refractivity contribution in [2.75, 3.05) is 37.5 Å². The standard InChI is InChI=1S/C19H25N5O2S/c1-5-23(6-2)18-21-22-19(27-18)24-9-7-8-15(24)13-20-14-10-16(25-3)12-17(11-14)26-4/h7-12,20H,5-6,13H2,1-4H3. The Balaban J connectivity index is 1.76. The van der Waals surface area contributed by atoms with Crippen LogP contribution in [-0.4, -0.2) is 42.1 Å². The minimum Gasteiger partial charge on any atom is -0.497 e. The second-order valence-electron chi connectivity index (χ2n) is 5.86. The van der Waals surface area contributed by atoms with Gasteiger partial charge in [-0.05, 0) is 26.0 Å². The molecule has 0 saturated heterocycles. The maximum absolute atomic E-state index is 5.33. The summed E-state index contributed by atoms with van der Waals surface area (Å²) >= 11 is 1.59. The molecule has 0 amide bonds. The summed E-state index contributed by atoms with van der Waals surface area (Å²) in [6.45, 7) is 6.73. The molecule has 7 nitrogen and oxygen atoms in total. The first-order chi connectivity index (χ1) is 13.2. The van der Waals surface area contributed by atoms with Crippen LogP contribution in [0.15, 0.2) is 36.5 Å². The molecule has 0 aliphatic carbocycles. The van der Waals surface area contributed by atoms with Gasteiger partial charge in [0, 0.05) is 48.9 Å². The lowest BCUT2D eigenvalue weighted by atomic mass is 10.2. The molecule has 2 heterocycles. The molecule has 0 saturated carbocycles. The van der Waals surface area contributed by atoms with Crippen LogP contribution >= 0.6 is 11.3 Å². The van der Waals surface area contributed by atoms with E-state index in [9.17, 15) is 0 Å². The van der Waals surface area contributed by atoms with Gasteiger partial charge in [-0.2, -0.15) is 0 Å². The van der Waals surface area contributed by atoms with Crippen LogP contribution in [0.2, 0.25) is 0 Å². The molecule has 2 aromatic heterocycles. The number of hydrogen-bond acceptors (Lipinski definition) is 7. The minimum atomic E-state index is 0.642. The Kier molecular flexibility index (Phi) is 6.18. The Bertz CT molecular complexity index is 850. The number of nitrogens with zero attached hydrogens (tertiary/aromatic N) is 4. The third kappa shape index (κ3) is 4.33. The first-order valence-corrected chi connectivity index (χ1v) is 9.72. The minimum absolute atomic E-state index is 0.642. The average molecular weight is 388 g/mol. The highest BCUT2D eigenvalue weighted by atomic mass is 32.1. The van der Waals surface area contributed by atoms with Crippen LogP contribution in [0.5, 0.6) is 11.5 Å². The number of nitrogens with one attached hydrogen (secondary N) is 1. The van der Waals surface area contributed by atoms with Crippen molar-refractivity contribution in [3.05, 3.63) is 42.2 Å².